The molecule has 20 heavy (non-hydrogen) atoms. The quantitative estimate of drug-likeness (QED) is 0.559. The standard InChI is InChI=1S/C15H26ClNO3/c1-5-6-7-17(14(18)8-16)9-15-19-10-11(2)12(3)13(4)20-15/h5,11-13,15H,1,6-10H2,2-4H3. The van der Waals surface area contributed by atoms with Gasteiger partial charge in [0, 0.05) is 6.54 Å². The number of rotatable bonds is 6. The molecule has 1 heterocycles. The van der Waals surface area contributed by atoms with Gasteiger partial charge in [-0.05, 0) is 25.2 Å². The summed E-state index contributed by atoms with van der Waals surface area (Å²) >= 11 is 5.65. The fraction of sp³-hybridized carbons (Fsp3) is 0.800. The number of hydrogen-bond donors (Lipinski definition) is 0. The Bertz CT molecular complexity index is 324. The highest BCUT2D eigenvalue weighted by atomic mass is 35.5. The Labute approximate surface area is 127 Å². The molecule has 4 unspecified atom stereocenters. The summed E-state index contributed by atoms with van der Waals surface area (Å²) in [5.41, 5.74) is 0. The molecular formula is C15H26ClNO3. The van der Waals surface area contributed by atoms with Gasteiger partial charge in [0.25, 0.3) is 0 Å². The first-order valence-corrected chi connectivity index (χ1v) is 7.74. The van der Waals surface area contributed by atoms with Crippen LogP contribution in [0.2, 0.25) is 0 Å². The van der Waals surface area contributed by atoms with Crippen LogP contribution in [-0.4, -0.2) is 48.8 Å². The number of halogens is 1. The third-order valence-electron chi connectivity index (χ3n) is 3.99. The lowest BCUT2D eigenvalue weighted by Gasteiger charge is -2.28. The molecule has 0 aromatic carbocycles. The zero-order chi connectivity index (χ0) is 15.1. The van der Waals surface area contributed by atoms with Crippen LogP contribution in [0.3, 0.4) is 0 Å². The number of hydrogen-bond acceptors (Lipinski definition) is 3. The van der Waals surface area contributed by atoms with Gasteiger partial charge in [-0.25, -0.2) is 0 Å². The number of carbonyl (C=O) groups excluding carboxylic acids is 1. The lowest BCUT2D eigenvalue weighted by Crippen LogP contribution is -2.41. The van der Waals surface area contributed by atoms with Crippen molar-refractivity contribution in [2.24, 2.45) is 11.8 Å². The molecule has 1 aliphatic heterocycles. The van der Waals surface area contributed by atoms with Gasteiger partial charge in [0.1, 0.15) is 5.88 Å². The Kier molecular flexibility index (Phi) is 7.56. The number of nitrogens with zero attached hydrogens (tertiary/aromatic N) is 1. The van der Waals surface area contributed by atoms with Gasteiger partial charge < -0.3 is 14.4 Å². The molecule has 0 N–H and O–H groups in total. The molecule has 0 spiro atoms. The van der Waals surface area contributed by atoms with Crippen molar-refractivity contribution < 1.29 is 14.3 Å². The predicted molar refractivity (Wildman–Crippen MR) is 80.7 cm³/mol. The fourth-order valence-electron chi connectivity index (χ4n) is 2.20. The van der Waals surface area contributed by atoms with E-state index in [-0.39, 0.29) is 24.2 Å². The summed E-state index contributed by atoms with van der Waals surface area (Å²) in [6.07, 6.45) is 2.26. The van der Waals surface area contributed by atoms with E-state index in [0.29, 0.717) is 31.5 Å². The highest BCUT2D eigenvalue weighted by Gasteiger charge is 2.30. The second kappa shape index (κ2) is 8.65. The Morgan fingerprint density at radius 2 is 2.15 bits per heavy atom. The Balaban J connectivity index is 2.62. The molecule has 0 saturated carbocycles. The maximum Gasteiger partial charge on any atom is 0.237 e. The van der Waals surface area contributed by atoms with E-state index in [1.165, 1.54) is 0 Å². The van der Waals surface area contributed by atoms with E-state index in [2.05, 4.69) is 27.4 Å². The summed E-state index contributed by atoms with van der Waals surface area (Å²) in [6, 6.07) is 0. The summed E-state index contributed by atoms with van der Waals surface area (Å²) in [7, 11) is 0. The van der Waals surface area contributed by atoms with Crippen LogP contribution >= 0.6 is 11.6 Å². The maximum absolute atomic E-state index is 11.8. The van der Waals surface area contributed by atoms with E-state index >= 15 is 0 Å². The van der Waals surface area contributed by atoms with Crippen LogP contribution in [0.15, 0.2) is 12.7 Å². The molecule has 0 radical (unpaired) electrons. The molecule has 1 rings (SSSR count). The van der Waals surface area contributed by atoms with Gasteiger partial charge in [-0.3, -0.25) is 4.79 Å². The van der Waals surface area contributed by atoms with E-state index in [4.69, 9.17) is 21.1 Å². The van der Waals surface area contributed by atoms with E-state index in [1.54, 1.807) is 11.0 Å². The summed E-state index contributed by atoms with van der Waals surface area (Å²) in [5, 5.41) is 0. The molecular weight excluding hydrogens is 278 g/mol. The number of carbonyl (C=O) groups is 1. The molecule has 0 aromatic heterocycles. The summed E-state index contributed by atoms with van der Waals surface area (Å²) in [6.45, 7) is 11.7. The first-order chi connectivity index (χ1) is 9.49. The molecule has 4 nitrogen and oxygen atoms in total. The van der Waals surface area contributed by atoms with E-state index in [1.807, 2.05) is 0 Å². The van der Waals surface area contributed by atoms with Crippen LogP contribution in [0.4, 0.5) is 0 Å². The largest absolute Gasteiger partial charge is 0.350 e. The molecule has 0 bridgehead atoms. The van der Waals surface area contributed by atoms with E-state index in [9.17, 15) is 4.79 Å². The average Bonchev–Trinajstić information content (AvgIpc) is 2.56. The van der Waals surface area contributed by atoms with Crippen LogP contribution in [0.5, 0.6) is 0 Å². The van der Waals surface area contributed by atoms with Crippen molar-refractivity contribution in [3.8, 4) is 0 Å². The normalized spacial score (nSPS) is 30.6. The lowest BCUT2D eigenvalue weighted by molar-refractivity contribution is -0.169. The minimum absolute atomic E-state index is 0.0216. The minimum atomic E-state index is -0.380. The lowest BCUT2D eigenvalue weighted by atomic mass is 9.92. The molecule has 4 atom stereocenters. The van der Waals surface area contributed by atoms with Crippen molar-refractivity contribution in [2.75, 3.05) is 25.6 Å². The Morgan fingerprint density at radius 1 is 1.45 bits per heavy atom. The van der Waals surface area contributed by atoms with Crippen molar-refractivity contribution in [3.05, 3.63) is 12.7 Å². The minimum Gasteiger partial charge on any atom is -0.350 e. The van der Waals surface area contributed by atoms with Crippen molar-refractivity contribution in [1.29, 1.82) is 0 Å². The highest BCUT2D eigenvalue weighted by Crippen LogP contribution is 2.24. The number of ether oxygens (including phenoxy) is 2. The molecule has 1 saturated heterocycles. The highest BCUT2D eigenvalue weighted by molar-refractivity contribution is 6.27. The average molecular weight is 304 g/mol. The van der Waals surface area contributed by atoms with Crippen LogP contribution in [0.1, 0.15) is 27.2 Å². The molecule has 0 aliphatic carbocycles. The predicted octanol–water partition coefficient (Wildman–Crippen LogP) is 2.66. The van der Waals surface area contributed by atoms with Gasteiger partial charge in [0.05, 0.1) is 19.3 Å². The number of alkyl halides is 1. The monoisotopic (exact) mass is 303 g/mol. The first-order valence-electron chi connectivity index (χ1n) is 7.21. The second-order valence-corrected chi connectivity index (χ2v) is 5.76. The second-order valence-electron chi connectivity index (χ2n) is 5.49. The smallest absolute Gasteiger partial charge is 0.237 e. The van der Waals surface area contributed by atoms with Crippen LogP contribution < -0.4 is 0 Å². The van der Waals surface area contributed by atoms with Crippen molar-refractivity contribution in [2.45, 2.75) is 39.6 Å². The fourth-order valence-corrected chi connectivity index (χ4v) is 2.37. The zero-order valence-corrected chi connectivity index (χ0v) is 13.4. The van der Waals surface area contributed by atoms with Crippen LogP contribution in [0, 0.1) is 11.8 Å². The molecule has 5 heteroatoms. The Morgan fingerprint density at radius 3 is 2.75 bits per heavy atom. The van der Waals surface area contributed by atoms with Crippen LogP contribution in [0.25, 0.3) is 0 Å². The maximum atomic E-state index is 11.8. The third-order valence-corrected chi connectivity index (χ3v) is 4.22. The van der Waals surface area contributed by atoms with Gasteiger partial charge in [-0.15, -0.1) is 18.2 Å². The van der Waals surface area contributed by atoms with Gasteiger partial charge in [0.15, 0.2) is 6.29 Å². The van der Waals surface area contributed by atoms with Gasteiger partial charge >= 0.3 is 0 Å². The summed E-state index contributed by atoms with van der Waals surface area (Å²) < 4.78 is 11.7. The van der Waals surface area contributed by atoms with Gasteiger partial charge in [-0.2, -0.15) is 0 Å². The molecule has 1 fully saturated rings. The summed E-state index contributed by atoms with van der Waals surface area (Å²) in [5.74, 6) is 0.760. The molecule has 1 amide bonds. The topological polar surface area (TPSA) is 38.8 Å². The zero-order valence-electron chi connectivity index (χ0n) is 12.7. The van der Waals surface area contributed by atoms with E-state index < -0.39 is 0 Å². The van der Waals surface area contributed by atoms with Crippen LogP contribution in [-0.2, 0) is 14.3 Å². The number of amides is 1. The van der Waals surface area contributed by atoms with Crippen molar-refractivity contribution >= 4 is 17.5 Å². The molecule has 1 aliphatic rings. The summed E-state index contributed by atoms with van der Waals surface area (Å²) in [4.78, 5) is 13.5. The molecule has 0 aromatic rings. The van der Waals surface area contributed by atoms with Gasteiger partial charge in [-0.1, -0.05) is 19.9 Å². The Hall–Kier alpha value is -0.580. The van der Waals surface area contributed by atoms with Crippen molar-refractivity contribution in [1.82, 2.24) is 4.90 Å². The SMILES string of the molecule is C=CCCN(CC1OCC(C)C(C)C(C)O1)C(=O)CCl. The third kappa shape index (κ3) is 5.08. The van der Waals surface area contributed by atoms with E-state index in [0.717, 1.165) is 6.42 Å². The molecule has 116 valence electrons. The first kappa shape index (κ1) is 17.5. The van der Waals surface area contributed by atoms with Gasteiger partial charge in [0.2, 0.25) is 5.91 Å². The van der Waals surface area contributed by atoms with Crippen molar-refractivity contribution in [3.63, 3.8) is 0 Å².